The van der Waals surface area contributed by atoms with Crippen LogP contribution in [0.5, 0.6) is 0 Å². The largest absolute Gasteiger partial charge is 0.413 e. The molecule has 0 atom stereocenters. The molecule has 18 heavy (non-hydrogen) atoms. The fourth-order valence-corrected chi connectivity index (χ4v) is 2.28. The van der Waals surface area contributed by atoms with Gasteiger partial charge in [-0.25, -0.2) is 0 Å². The Hall–Kier alpha value is -0.933. The Labute approximate surface area is 112 Å². The lowest BCUT2D eigenvalue weighted by Gasteiger charge is -2.36. The average Bonchev–Trinajstić information content (AvgIpc) is 2.26. The molecule has 0 radical (unpaired) electrons. The Morgan fingerprint density at radius 3 is 2.50 bits per heavy atom. The fourth-order valence-electron chi connectivity index (χ4n) is 1.33. The van der Waals surface area contributed by atoms with Crippen LogP contribution in [0.4, 0.5) is 0 Å². The van der Waals surface area contributed by atoms with Gasteiger partial charge in [0.25, 0.3) is 0 Å². The van der Waals surface area contributed by atoms with Crippen molar-refractivity contribution in [3.05, 3.63) is 35.7 Å². The zero-order chi connectivity index (χ0) is 14.0. The first kappa shape index (κ1) is 15.1. The highest BCUT2D eigenvalue weighted by Crippen LogP contribution is 2.37. The summed E-state index contributed by atoms with van der Waals surface area (Å²) in [7, 11) is -1.68. The number of pyridine rings is 1. The molecule has 3 heteroatoms. The number of nitrogens with zero attached hydrogens (tertiary/aromatic N) is 1. The molecule has 0 aromatic carbocycles. The van der Waals surface area contributed by atoms with E-state index < -0.39 is 8.32 Å². The molecule has 0 aliphatic rings. The van der Waals surface area contributed by atoms with Crippen LogP contribution >= 0.6 is 0 Å². The van der Waals surface area contributed by atoms with Crippen LogP contribution in [0.15, 0.2) is 18.8 Å². The molecule has 1 rings (SSSR count). The van der Waals surface area contributed by atoms with Gasteiger partial charge >= 0.3 is 0 Å². The molecule has 0 bridgehead atoms. The number of hydrogen-bond donors (Lipinski definition) is 0. The highest BCUT2D eigenvalue weighted by molar-refractivity contribution is 6.74. The first-order chi connectivity index (χ1) is 8.17. The SMILES string of the molecule is C=Cc1cc(CO[Si](C)(C)C(C)(C)C)c(C)cn1. The first-order valence-electron chi connectivity index (χ1n) is 6.39. The van der Waals surface area contributed by atoms with Gasteiger partial charge in [0.1, 0.15) is 0 Å². The Bertz CT molecular complexity index is 433. The summed E-state index contributed by atoms with van der Waals surface area (Å²) in [5.74, 6) is 0. The minimum Gasteiger partial charge on any atom is -0.413 e. The maximum Gasteiger partial charge on any atom is 0.192 e. The van der Waals surface area contributed by atoms with Gasteiger partial charge in [-0.2, -0.15) is 0 Å². The number of hydrogen-bond acceptors (Lipinski definition) is 2. The summed E-state index contributed by atoms with van der Waals surface area (Å²) in [6.07, 6.45) is 3.66. The van der Waals surface area contributed by atoms with Gasteiger partial charge in [0, 0.05) is 6.20 Å². The molecule has 0 unspecified atom stereocenters. The lowest BCUT2D eigenvalue weighted by Crippen LogP contribution is -2.40. The summed E-state index contributed by atoms with van der Waals surface area (Å²) in [6.45, 7) is 17.8. The third kappa shape index (κ3) is 3.53. The summed E-state index contributed by atoms with van der Waals surface area (Å²) < 4.78 is 6.24. The van der Waals surface area contributed by atoms with E-state index in [2.05, 4.69) is 58.4 Å². The standard InChI is InChI=1S/C15H25NOSi/c1-8-14-9-13(12(2)10-16-14)11-17-18(6,7)15(3,4)5/h8-10H,1,11H2,2-7H3. The van der Waals surface area contributed by atoms with Gasteiger partial charge in [-0.15, -0.1) is 0 Å². The number of aryl methyl sites for hydroxylation is 1. The van der Waals surface area contributed by atoms with Crippen LogP contribution in [0.2, 0.25) is 18.1 Å². The minimum absolute atomic E-state index is 0.245. The zero-order valence-corrected chi connectivity index (χ0v) is 13.5. The predicted octanol–water partition coefficient (Wildman–Crippen LogP) is 4.55. The quantitative estimate of drug-likeness (QED) is 0.743. The second-order valence-corrected chi connectivity index (χ2v) is 11.1. The van der Waals surface area contributed by atoms with Gasteiger partial charge in [0.05, 0.1) is 12.3 Å². The molecule has 0 N–H and O–H groups in total. The Morgan fingerprint density at radius 1 is 1.39 bits per heavy atom. The maximum atomic E-state index is 6.24. The lowest BCUT2D eigenvalue weighted by molar-refractivity contribution is 0.275. The molecule has 0 aliphatic carbocycles. The molecule has 2 nitrogen and oxygen atoms in total. The predicted molar refractivity (Wildman–Crippen MR) is 81.1 cm³/mol. The van der Waals surface area contributed by atoms with Crippen LogP contribution in [-0.4, -0.2) is 13.3 Å². The van der Waals surface area contributed by atoms with Gasteiger partial charge in [0.15, 0.2) is 8.32 Å². The van der Waals surface area contributed by atoms with E-state index in [0.717, 1.165) is 5.69 Å². The molecular weight excluding hydrogens is 238 g/mol. The normalized spacial score (nSPS) is 12.6. The molecule has 0 saturated heterocycles. The van der Waals surface area contributed by atoms with Crippen molar-refractivity contribution in [2.75, 3.05) is 0 Å². The molecule has 0 saturated carbocycles. The van der Waals surface area contributed by atoms with Crippen molar-refractivity contribution >= 4 is 14.4 Å². The van der Waals surface area contributed by atoms with Crippen molar-refractivity contribution in [2.45, 2.75) is 52.4 Å². The van der Waals surface area contributed by atoms with E-state index in [0.29, 0.717) is 6.61 Å². The van der Waals surface area contributed by atoms with Gasteiger partial charge in [-0.05, 0) is 48.3 Å². The number of aromatic nitrogens is 1. The van der Waals surface area contributed by atoms with E-state index in [1.807, 2.05) is 6.20 Å². The van der Waals surface area contributed by atoms with Crippen molar-refractivity contribution in [3.8, 4) is 0 Å². The molecule has 0 fully saturated rings. The average molecular weight is 263 g/mol. The second kappa shape index (κ2) is 5.37. The molecule has 0 amide bonds. The van der Waals surface area contributed by atoms with E-state index >= 15 is 0 Å². The Kier molecular flexibility index (Phi) is 4.51. The Balaban J connectivity index is 2.83. The van der Waals surface area contributed by atoms with Crippen LogP contribution < -0.4 is 0 Å². The van der Waals surface area contributed by atoms with E-state index in [4.69, 9.17) is 4.43 Å². The molecule has 1 heterocycles. The fraction of sp³-hybridized carbons (Fsp3) is 0.533. The smallest absolute Gasteiger partial charge is 0.192 e. The summed E-state index contributed by atoms with van der Waals surface area (Å²) in [5.41, 5.74) is 3.30. The third-order valence-electron chi connectivity index (χ3n) is 3.84. The molecular formula is C15H25NOSi. The molecule has 0 aliphatic heterocycles. The van der Waals surface area contributed by atoms with E-state index in [1.54, 1.807) is 6.08 Å². The van der Waals surface area contributed by atoms with Crippen LogP contribution in [0.25, 0.3) is 6.08 Å². The van der Waals surface area contributed by atoms with Crippen molar-refractivity contribution in [1.82, 2.24) is 4.98 Å². The van der Waals surface area contributed by atoms with Crippen LogP contribution in [0.1, 0.15) is 37.6 Å². The topological polar surface area (TPSA) is 22.1 Å². The molecule has 100 valence electrons. The Morgan fingerprint density at radius 2 is 2.00 bits per heavy atom. The van der Waals surface area contributed by atoms with Gasteiger partial charge in [-0.3, -0.25) is 4.98 Å². The summed E-state index contributed by atoms with van der Waals surface area (Å²) >= 11 is 0. The van der Waals surface area contributed by atoms with Crippen LogP contribution in [0.3, 0.4) is 0 Å². The van der Waals surface area contributed by atoms with Crippen molar-refractivity contribution in [1.29, 1.82) is 0 Å². The molecule has 1 aromatic rings. The highest BCUT2D eigenvalue weighted by atomic mass is 28.4. The zero-order valence-electron chi connectivity index (χ0n) is 12.5. The van der Waals surface area contributed by atoms with E-state index in [9.17, 15) is 0 Å². The van der Waals surface area contributed by atoms with Gasteiger partial charge < -0.3 is 4.43 Å². The lowest BCUT2D eigenvalue weighted by atomic mass is 10.1. The third-order valence-corrected chi connectivity index (χ3v) is 8.32. The van der Waals surface area contributed by atoms with Crippen LogP contribution in [-0.2, 0) is 11.0 Å². The monoisotopic (exact) mass is 263 g/mol. The van der Waals surface area contributed by atoms with Crippen molar-refractivity contribution in [3.63, 3.8) is 0 Å². The van der Waals surface area contributed by atoms with Crippen molar-refractivity contribution in [2.24, 2.45) is 0 Å². The maximum absolute atomic E-state index is 6.24. The van der Waals surface area contributed by atoms with Gasteiger partial charge in [-0.1, -0.05) is 27.4 Å². The first-order valence-corrected chi connectivity index (χ1v) is 9.30. The second-order valence-electron chi connectivity index (χ2n) is 6.29. The summed E-state index contributed by atoms with van der Waals surface area (Å²) in [6, 6.07) is 2.06. The molecule has 1 aromatic heterocycles. The van der Waals surface area contributed by atoms with Crippen molar-refractivity contribution < 1.29 is 4.43 Å². The summed E-state index contributed by atoms with van der Waals surface area (Å²) in [5, 5.41) is 0.245. The van der Waals surface area contributed by atoms with E-state index in [1.165, 1.54) is 11.1 Å². The van der Waals surface area contributed by atoms with Gasteiger partial charge in [0.2, 0.25) is 0 Å². The number of rotatable bonds is 4. The van der Waals surface area contributed by atoms with E-state index in [-0.39, 0.29) is 5.04 Å². The highest BCUT2D eigenvalue weighted by Gasteiger charge is 2.37. The minimum atomic E-state index is -1.68. The molecule has 0 spiro atoms. The summed E-state index contributed by atoms with van der Waals surface area (Å²) in [4.78, 5) is 4.29. The van der Waals surface area contributed by atoms with Crippen LogP contribution in [0, 0.1) is 6.92 Å².